The summed E-state index contributed by atoms with van der Waals surface area (Å²) < 4.78 is 40.1. The number of carbonyl (C=O) groups is 1. The Kier molecular flexibility index (Phi) is 4.35. The molecule has 4 aromatic rings. The van der Waals surface area contributed by atoms with Crippen molar-refractivity contribution in [2.24, 2.45) is 0 Å². The number of hydrogen-bond acceptors (Lipinski definition) is 5. The Morgan fingerprint density at radius 1 is 1.13 bits per heavy atom. The second kappa shape index (κ2) is 6.94. The quantitative estimate of drug-likeness (QED) is 0.473. The van der Waals surface area contributed by atoms with Crippen LogP contribution in [0.2, 0.25) is 0 Å². The van der Waals surface area contributed by atoms with E-state index in [-0.39, 0.29) is 11.6 Å². The van der Waals surface area contributed by atoms with Gasteiger partial charge in [-0.25, -0.2) is 9.78 Å². The molecule has 7 nitrogen and oxygen atoms in total. The summed E-state index contributed by atoms with van der Waals surface area (Å²) in [5.74, 6) is 0.139. The molecule has 0 bridgehead atoms. The van der Waals surface area contributed by atoms with Gasteiger partial charge < -0.3 is 5.32 Å². The van der Waals surface area contributed by atoms with Gasteiger partial charge in [0, 0.05) is 10.6 Å². The molecule has 2 amide bonds. The van der Waals surface area contributed by atoms with E-state index in [4.69, 9.17) is 0 Å². The van der Waals surface area contributed by atoms with Crippen LogP contribution in [0.25, 0.3) is 15.9 Å². The van der Waals surface area contributed by atoms with Crippen molar-refractivity contribution in [1.82, 2.24) is 19.6 Å². The van der Waals surface area contributed by atoms with Crippen molar-refractivity contribution < 1.29 is 18.0 Å². The van der Waals surface area contributed by atoms with Gasteiger partial charge >= 0.3 is 12.2 Å². The highest BCUT2D eigenvalue weighted by Gasteiger charge is 2.30. The lowest BCUT2D eigenvalue weighted by Crippen LogP contribution is -2.21. The number of thiophene rings is 1. The molecule has 0 saturated heterocycles. The van der Waals surface area contributed by atoms with E-state index >= 15 is 0 Å². The Labute approximate surface area is 171 Å². The largest absolute Gasteiger partial charge is 0.416 e. The number of fused-ring (bicyclic) bond motifs is 5. The van der Waals surface area contributed by atoms with E-state index in [9.17, 15) is 18.0 Å². The van der Waals surface area contributed by atoms with Crippen LogP contribution in [0, 0.1) is 0 Å². The summed E-state index contributed by atoms with van der Waals surface area (Å²) in [6.07, 6.45) is 1.31. The minimum atomic E-state index is -4.49. The predicted octanol–water partition coefficient (Wildman–Crippen LogP) is 4.88. The SMILES string of the molecule is O=C(Nc1cccc(C(F)(F)F)c1)Nc1nnc2c3c4c(sc3ncn12)CCCC4. The van der Waals surface area contributed by atoms with Crippen LogP contribution in [0.5, 0.6) is 0 Å². The standard InChI is InChI=1S/C19H15F3N6OS/c20-19(21,22)10-4-3-5-11(8-10)24-18(29)25-17-27-26-15-14-12-6-1-2-7-13(12)30-16(14)23-9-28(15)17/h3-5,8-9H,1-2,6-7H2,(H2,24,25,27,29). The number of amides is 2. The van der Waals surface area contributed by atoms with E-state index in [2.05, 4.69) is 25.8 Å². The molecule has 0 aliphatic heterocycles. The first-order chi connectivity index (χ1) is 14.4. The van der Waals surface area contributed by atoms with Crippen molar-refractivity contribution in [3.8, 4) is 0 Å². The minimum Gasteiger partial charge on any atom is -0.308 e. The molecule has 0 spiro atoms. The number of hydrogen-bond donors (Lipinski definition) is 2. The lowest BCUT2D eigenvalue weighted by atomic mass is 9.97. The second-order valence-corrected chi connectivity index (χ2v) is 8.09. The average molecular weight is 432 g/mol. The fraction of sp³-hybridized carbons (Fsp3) is 0.263. The average Bonchev–Trinajstić information content (AvgIpc) is 3.28. The number of carbonyl (C=O) groups excluding carboxylic acids is 1. The van der Waals surface area contributed by atoms with Crippen LogP contribution >= 0.6 is 11.3 Å². The third-order valence-electron chi connectivity index (χ3n) is 5.04. The van der Waals surface area contributed by atoms with Crippen molar-refractivity contribution in [1.29, 1.82) is 0 Å². The summed E-state index contributed by atoms with van der Waals surface area (Å²) in [5, 5.41) is 14.1. The van der Waals surface area contributed by atoms with Crippen LogP contribution < -0.4 is 10.6 Å². The smallest absolute Gasteiger partial charge is 0.308 e. The number of nitrogens with one attached hydrogen (secondary N) is 2. The van der Waals surface area contributed by atoms with Crippen LogP contribution in [-0.2, 0) is 19.0 Å². The maximum atomic E-state index is 12.8. The summed E-state index contributed by atoms with van der Waals surface area (Å²) in [6, 6.07) is 3.68. The Morgan fingerprint density at radius 2 is 1.97 bits per heavy atom. The highest BCUT2D eigenvalue weighted by Crippen LogP contribution is 2.37. The number of nitrogens with zero attached hydrogens (tertiary/aromatic N) is 4. The molecule has 154 valence electrons. The van der Waals surface area contributed by atoms with Crippen LogP contribution in [0.4, 0.5) is 29.6 Å². The summed E-state index contributed by atoms with van der Waals surface area (Å²) in [7, 11) is 0. The van der Waals surface area contributed by atoms with Gasteiger partial charge in [0.25, 0.3) is 0 Å². The van der Waals surface area contributed by atoms with Crippen molar-refractivity contribution >= 4 is 44.9 Å². The molecule has 3 heterocycles. The number of urea groups is 1. The van der Waals surface area contributed by atoms with Crippen molar-refractivity contribution in [2.45, 2.75) is 31.9 Å². The molecule has 1 aliphatic rings. The van der Waals surface area contributed by atoms with Crippen molar-refractivity contribution in [3.63, 3.8) is 0 Å². The van der Waals surface area contributed by atoms with Gasteiger partial charge in [-0.2, -0.15) is 13.2 Å². The third-order valence-corrected chi connectivity index (χ3v) is 6.24. The van der Waals surface area contributed by atoms with Gasteiger partial charge in [0.1, 0.15) is 11.2 Å². The number of benzene rings is 1. The summed E-state index contributed by atoms with van der Waals surface area (Å²) in [5.41, 5.74) is 1.02. The number of aromatic nitrogens is 4. The van der Waals surface area contributed by atoms with E-state index in [0.29, 0.717) is 5.65 Å². The van der Waals surface area contributed by atoms with Crippen LogP contribution in [0.3, 0.4) is 0 Å². The fourth-order valence-corrected chi connectivity index (χ4v) is 4.90. The van der Waals surface area contributed by atoms with Gasteiger partial charge in [-0.3, -0.25) is 9.72 Å². The zero-order valence-electron chi connectivity index (χ0n) is 15.5. The Morgan fingerprint density at radius 3 is 2.80 bits per heavy atom. The van der Waals surface area contributed by atoms with Crippen LogP contribution in [0.1, 0.15) is 28.8 Å². The molecule has 0 fully saturated rings. The molecule has 5 rings (SSSR count). The van der Waals surface area contributed by atoms with Crippen LogP contribution in [0.15, 0.2) is 30.6 Å². The Balaban J connectivity index is 1.43. The minimum absolute atomic E-state index is 0.0172. The highest BCUT2D eigenvalue weighted by atomic mass is 32.1. The molecule has 30 heavy (non-hydrogen) atoms. The summed E-state index contributed by atoms with van der Waals surface area (Å²) in [4.78, 5) is 19.0. The first kappa shape index (κ1) is 18.8. The number of rotatable bonds is 2. The third kappa shape index (κ3) is 3.24. The number of anilines is 2. The number of halogens is 3. The van der Waals surface area contributed by atoms with E-state index in [1.165, 1.54) is 22.6 Å². The molecule has 2 N–H and O–H groups in total. The molecule has 0 radical (unpaired) electrons. The maximum Gasteiger partial charge on any atom is 0.416 e. The molecule has 0 atom stereocenters. The predicted molar refractivity (Wildman–Crippen MR) is 107 cm³/mol. The van der Waals surface area contributed by atoms with Gasteiger partial charge in [0.2, 0.25) is 5.95 Å². The molecule has 11 heteroatoms. The fourth-order valence-electron chi connectivity index (χ4n) is 3.68. The van der Waals surface area contributed by atoms with Gasteiger partial charge in [-0.15, -0.1) is 21.5 Å². The topological polar surface area (TPSA) is 84.2 Å². The second-order valence-electron chi connectivity index (χ2n) is 7.01. The molecular weight excluding hydrogens is 417 g/mol. The number of alkyl halides is 3. The first-order valence-electron chi connectivity index (χ1n) is 9.29. The normalized spacial score (nSPS) is 14.1. The highest BCUT2D eigenvalue weighted by molar-refractivity contribution is 7.19. The van der Waals surface area contributed by atoms with Gasteiger partial charge in [0.05, 0.1) is 10.9 Å². The molecule has 1 aliphatic carbocycles. The molecule has 1 aromatic carbocycles. The van der Waals surface area contributed by atoms with E-state index in [1.54, 1.807) is 22.1 Å². The molecule has 0 unspecified atom stereocenters. The van der Waals surface area contributed by atoms with Gasteiger partial charge in [-0.1, -0.05) is 6.07 Å². The van der Waals surface area contributed by atoms with Crippen LogP contribution in [-0.4, -0.2) is 25.6 Å². The van der Waals surface area contributed by atoms with Gasteiger partial charge in [-0.05, 0) is 49.4 Å². The Bertz CT molecular complexity index is 1280. The Hall–Kier alpha value is -3.21. The molecule has 3 aromatic heterocycles. The zero-order valence-corrected chi connectivity index (χ0v) is 16.3. The molecule has 0 saturated carbocycles. The zero-order chi connectivity index (χ0) is 20.9. The van der Waals surface area contributed by atoms with E-state index < -0.39 is 17.8 Å². The summed E-state index contributed by atoms with van der Waals surface area (Å²) in [6.45, 7) is 0. The lowest BCUT2D eigenvalue weighted by Gasteiger charge is -2.10. The van der Waals surface area contributed by atoms with Crippen molar-refractivity contribution in [3.05, 3.63) is 46.6 Å². The van der Waals surface area contributed by atoms with E-state index in [0.717, 1.165) is 48.0 Å². The maximum absolute atomic E-state index is 12.8. The van der Waals surface area contributed by atoms with E-state index in [1.807, 2.05) is 0 Å². The summed E-state index contributed by atoms with van der Waals surface area (Å²) >= 11 is 1.66. The van der Waals surface area contributed by atoms with Gasteiger partial charge in [0.15, 0.2) is 5.65 Å². The monoisotopic (exact) mass is 432 g/mol. The van der Waals surface area contributed by atoms with Crippen molar-refractivity contribution in [2.75, 3.05) is 10.6 Å². The molecular formula is C19H15F3N6OS. The number of aryl methyl sites for hydroxylation is 2. The lowest BCUT2D eigenvalue weighted by molar-refractivity contribution is -0.137. The first-order valence-corrected chi connectivity index (χ1v) is 10.1.